The summed E-state index contributed by atoms with van der Waals surface area (Å²) in [5, 5.41) is -0.0787. The van der Waals surface area contributed by atoms with Crippen LogP contribution in [0.5, 0.6) is 0 Å². The SMILES string of the molecule is Cc1cnc(S(=O)(=O)CC2CCOC2)nc1. The summed E-state index contributed by atoms with van der Waals surface area (Å²) in [6, 6.07) is 0. The Kier molecular flexibility index (Phi) is 3.20. The van der Waals surface area contributed by atoms with Crippen LogP contribution in [0.15, 0.2) is 17.6 Å². The van der Waals surface area contributed by atoms with Crippen LogP contribution in [0.3, 0.4) is 0 Å². The van der Waals surface area contributed by atoms with Gasteiger partial charge in [0.1, 0.15) is 0 Å². The van der Waals surface area contributed by atoms with E-state index in [9.17, 15) is 8.42 Å². The molecule has 0 aliphatic carbocycles. The summed E-state index contributed by atoms with van der Waals surface area (Å²) in [5.41, 5.74) is 0.850. The van der Waals surface area contributed by atoms with Gasteiger partial charge < -0.3 is 4.74 Å². The van der Waals surface area contributed by atoms with E-state index in [0.29, 0.717) is 13.2 Å². The number of rotatable bonds is 3. The fraction of sp³-hybridized carbons (Fsp3) is 0.600. The van der Waals surface area contributed by atoms with Gasteiger partial charge in [0, 0.05) is 19.0 Å². The average Bonchev–Trinajstić information content (AvgIpc) is 2.70. The van der Waals surface area contributed by atoms with E-state index in [4.69, 9.17) is 4.74 Å². The molecule has 1 aromatic rings. The molecule has 0 bridgehead atoms. The second-order valence-corrected chi connectivity index (χ2v) is 5.98. The fourth-order valence-corrected chi connectivity index (χ4v) is 3.10. The predicted octanol–water partition coefficient (Wildman–Crippen LogP) is 0.595. The molecule has 1 fully saturated rings. The molecule has 2 rings (SSSR count). The first kappa shape index (κ1) is 11.5. The Balaban J connectivity index is 2.14. The van der Waals surface area contributed by atoms with Gasteiger partial charge in [-0.15, -0.1) is 0 Å². The molecule has 16 heavy (non-hydrogen) atoms. The number of aryl methyl sites for hydroxylation is 1. The first-order valence-corrected chi connectivity index (χ1v) is 6.82. The number of hydrogen-bond acceptors (Lipinski definition) is 5. The van der Waals surface area contributed by atoms with Gasteiger partial charge in [0.15, 0.2) is 0 Å². The van der Waals surface area contributed by atoms with Crippen LogP contribution in [-0.2, 0) is 14.6 Å². The Hall–Kier alpha value is -1.01. The highest BCUT2D eigenvalue weighted by Gasteiger charge is 2.26. The smallest absolute Gasteiger partial charge is 0.247 e. The maximum absolute atomic E-state index is 11.9. The van der Waals surface area contributed by atoms with Gasteiger partial charge in [-0.2, -0.15) is 0 Å². The van der Waals surface area contributed by atoms with Gasteiger partial charge in [-0.3, -0.25) is 0 Å². The third-order valence-electron chi connectivity index (χ3n) is 2.51. The average molecular weight is 242 g/mol. The minimum atomic E-state index is -3.36. The molecule has 6 heteroatoms. The van der Waals surface area contributed by atoms with Crippen molar-refractivity contribution in [1.82, 2.24) is 9.97 Å². The monoisotopic (exact) mass is 242 g/mol. The molecule has 0 spiro atoms. The van der Waals surface area contributed by atoms with Crippen LogP contribution in [0.2, 0.25) is 0 Å². The predicted molar refractivity (Wildman–Crippen MR) is 57.7 cm³/mol. The molecule has 1 saturated heterocycles. The molecule has 0 amide bonds. The molecule has 0 aromatic carbocycles. The first-order valence-electron chi connectivity index (χ1n) is 5.17. The lowest BCUT2D eigenvalue weighted by atomic mass is 10.2. The van der Waals surface area contributed by atoms with Gasteiger partial charge in [0.05, 0.1) is 12.4 Å². The maximum atomic E-state index is 11.9. The van der Waals surface area contributed by atoms with Gasteiger partial charge >= 0.3 is 0 Å². The van der Waals surface area contributed by atoms with Crippen molar-refractivity contribution in [2.24, 2.45) is 5.92 Å². The van der Waals surface area contributed by atoms with Crippen molar-refractivity contribution in [1.29, 1.82) is 0 Å². The molecule has 0 N–H and O–H groups in total. The fourth-order valence-electron chi connectivity index (χ4n) is 1.64. The Bertz CT molecular complexity index is 449. The lowest BCUT2D eigenvalue weighted by molar-refractivity contribution is 0.188. The van der Waals surface area contributed by atoms with Gasteiger partial charge in [-0.1, -0.05) is 0 Å². The highest BCUT2D eigenvalue weighted by molar-refractivity contribution is 7.91. The first-order chi connectivity index (χ1) is 7.58. The van der Waals surface area contributed by atoms with Crippen molar-refractivity contribution < 1.29 is 13.2 Å². The van der Waals surface area contributed by atoms with Crippen molar-refractivity contribution in [3.05, 3.63) is 18.0 Å². The Morgan fingerprint density at radius 3 is 2.69 bits per heavy atom. The normalized spacial score (nSPS) is 21.2. The van der Waals surface area contributed by atoms with Crippen LogP contribution < -0.4 is 0 Å². The highest BCUT2D eigenvalue weighted by Crippen LogP contribution is 2.17. The van der Waals surface area contributed by atoms with Crippen LogP contribution in [-0.4, -0.2) is 37.4 Å². The highest BCUT2D eigenvalue weighted by atomic mass is 32.2. The van der Waals surface area contributed by atoms with E-state index in [1.807, 2.05) is 6.92 Å². The lowest BCUT2D eigenvalue weighted by Crippen LogP contribution is -2.18. The van der Waals surface area contributed by atoms with Gasteiger partial charge in [-0.05, 0) is 24.8 Å². The standard InChI is InChI=1S/C10H14N2O3S/c1-8-4-11-10(12-5-8)16(13,14)7-9-2-3-15-6-9/h4-5,9H,2-3,6-7H2,1H3. The summed E-state index contributed by atoms with van der Waals surface area (Å²) in [5.74, 6) is 0.158. The molecular weight excluding hydrogens is 228 g/mol. The van der Waals surface area contributed by atoms with Gasteiger partial charge in [0.25, 0.3) is 0 Å². The topological polar surface area (TPSA) is 69.2 Å². The Morgan fingerprint density at radius 1 is 1.44 bits per heavy atom. The number of nitrogens with zero attached hydrogens (tertiary/aromatic N) is 2. The van der Waals surface area contributed by atoms with Crippen LogP contribution >= 0.6 is 0 Å². The Morgan fingerprint density at radius 2 is 2.12 bits per heavy atom. The summed E-state index contributed by atoms with van der Waals surface area (Å²) in [4.78, 5) is 7.70. The van der Waals surface area contributed by atoms with Crippen molar-refractivity contribution in [2.45, 2.75) is 18.5 Å². The number of sulfone groups is 1. The molecule has 1 aliphatic rings. The molecule has 1 unspecified atom stereocenters. The Labute approximate surface area is 94.8 Å². The van der Waals surface area contributed by atoms with E-state index in [0.717, 1.165) is 12.0 Å². The summed E-state index contributed by atoms with van der Waals surface area (Å²) in [7, 11) is -3.36. The largest absolute Gasteiger partial charge is 0.381 e. The zero-order valence-corrected chi connectivity index (χ0v) is 9.90. The minimum Gasteiger partial charge on any atom is -0.381 e. The van der Waals surface area contributed by atoms with E-state index in [1.54, 1.807) is 0 Å². The minimum absolute atomic E-state index is 0.0786. The molecule has 0 saturated carbocycles. The van der Waals surface area contributed by atoms with Gasteiger partial charge in [0.2, 0.25) is 15.0 Å². The van der Waals surface area contributed by atoms with Crippen molar-refractivity contribution in [3.63, 3.8) is 0 Å². The van der Waals surface area contributed by atoms with Crippen LogP contribution in [0.25, 0.3) is 0 Å². The summed E-state index contributed by atoms with van der Waals surface area (Å²) in [6.45, 7) is 2.99. The summed E-state index contributed by atoms with van der Waals surface area (Å²) < 4.78 is 29.0. The number of ether oxygens (including phenoxy) is 1. The van der Waals surface area contributed by atoms with E-state index in [2.05, 4.69) is 9.97 Å². The molecule has 0 radical (unpaired) electrons. The molecule has 1 atom stereocenters. The van der Waals surface area contributed by atoms with Crippen LogP contribution in [0, 0.1) is 12.8 Å². The van der Waals surface area contributed by atoms with Crippen molar-refractivity contribution in [3.8, 4) is 0 Å². The van der Waals surface area contributed by atoms with Crippen LogP contribution in [0.4, 0.5) is 0 Å². The molecule has 5 nitrogen and oxygen atoms in total. The zero-order valence-electron chi connectivity index (χ0n) is 9.09. The zero-order chi connectivity index (χ0) is 11.6. The van der Waals surface area contributed by atoms with E-state index >= 15 is 0 Å². The second-order valence-electron chi connectivity index (χ2n) is 4.05. The molecule has 1 aromatic heterocycles. The molecule has 1 aliphatic heterocycles. The summed E-state index contributed by atoms with van der Waals surface area (Å²) in [6.07, 6.45) is 3.83. The van der Waals surface area contributed by atoms with E-state index < -0.39 is 9.84 Å². The van der Waals surface area contributed by atoms with E-state index in [-0.39, 0.29) is 16.8 Å². The number of hydrogen-bond donors (Lipinski definition) is 0. The van der Waals surface area contributed by atoms with Crippen molar-refractivity contribution in [2.75, 3.05) is 19.0 Å². The second kappa shape index (κ2) is 4.47. The maximum Gasteiger partial charge on any atom is 0.247 e. The lowest BCUT2D eigenvalue weighted by Gasteiger charge is -2.07. The molecular formula is C10H14N2O3S. The van der Waals surface area contributed by atoms with E-state index in [1.165, 1.54) is 12.4 Å². The van der Waals surface area contributed by atoms with Crippen molar-refractivity contribution >= 4 is 9.84 Å². The third kappa shape index (κ3) is 2.56. The number of aromatic nitrogens is 2. The molecule has 88 valence electrons. The molecule has 2 heterocycles. The van der Waals surface area contributed by atoms with Gasteiger partial charge in [-0.25, -0.2) is 18.4 Å². The van der Waals surface area contributed by atoms with Crippen LogP contribution in [0.1, 0.15) is 12.0 Å². The summed E-state index contributed by atoms with van der Waals surface area (Å²) >= 11 is 0. The third-order valence-corrected chi connectivity index (χ3v) is 4.19. The quantitative estimate of drug-likeness (QED) is 0.726.